The van der Waals surface area contributed by atoms with Gasteiger partial charge in [-0.05, 0) is 97.2 Å². The second kappa shape index (κ2) is 41.3. The van der Waals surface area contributed by atoms with E-state index in [1.807, 2.05) is 121 Å². The van der Waals surface area contributed by atoms with E-state index >= 15 is 0 Å². The lowest BCUT2D eigenvalue weighted by Gasteiger charge is -2.14. The Morgan fingerprint density at radius 2 is 0.484 bits per heavy atom. The van der Waals surface area contributed by atoms with Gasteiger partial charge in [-0.2, -0.15) is 0 Å². The van der Waals surface area contributed by atoms with Gasteiger partial charge in [-0.1, -0.05) is 121 Å². The predicted octanol–water partition coefficient (Wildman–Crippen LogP) is 10.6. The molecule has 24 heteroatoms. The molecule has 502 valence electrons. The van der Waals surface area contributed by atoms with Crippen LogP contribution in [0.5, 0.6) is 34.5 Å². The van der Waals surface area contributed by atoms with E-state index in [2.05, 4.69) is 31.9 Å². The Bertz CT molecular complexity index is 3110. The second-order valence-electron chi connectivity index (χ2n) is 21.1. The Morgan fingerprint density at radius 1 is 0.274 bits per heavy atom. The molecule has 7 aromatic carbocycles. The zero-order chi connectivity index (χ0) is 66.9. The van der Waals surface area contributed by atoms with Gasteiger partial charge < -0.3 is 84.4 Å². The molecule has 0 aliphatic heterocycles. The van der Waals surface area contributed by atoms with Crippen molar-refractivity contribution in [3.63, 3.8) is 0 Å². The van der Waals surface area contributed by atoms with Crippen LogP contribution in [0, 0.1) is 0 Å². The third-order valence-electron chi connectivity index (χ3n) is 13.4. The summed E-state index contributed by atoms with van der Waals surface area (Å²) in [5, 5.41) is 26.5. The molecule has 7 rings (SSSR count). The number of nitrogens with one attached hydrogen (secondary N) is 6. The molecule has 6 amide bonds. The van der Waals surface area contributed by atoms with Crippen LogP contribution in [0.25, 0.3) is 0 Å². The number of ether oxygens (including phenoxy) is 10. The lowest BCUT2D eigenvalue weighted by molar-refractivity contribution is 0.0694. The summed E-state index contributed by atoms with van der Waals surface area (Å²) < 4.78 is 56.9. The molecule has 0 aromatic heterocycles. The van der Waals surface area contributed by atoms with Gasteiger partial charge in [-0.3, -0.25) is 9.59 Å². The zero-order valence-corrected chi connectivity index (χ0v) is 52.7. The first-order valence-corrected chi connectivity index (χ1v) is 31.2. The highest BCUT2D eigenvalue weighted by molar-refractivity contribution is 5.95. The lowest BCUT2D eigenvalue weighted by atomic mass is 10.2. The van der Waals surface area contributed by atoms with Gasteiger partial charge >= 0.3 is 30.3 Å². The maximum Gasteiger partial charge on any atom is 0.407 e. The van der Waals surface area contributed by atoms with Crippen molar-refractivity contribution in [2.75, 3.05) is 78.9 Å². The van der Waals surface area contributed by atoms with Crippen LogP contribution in [-0.4, -0.2) is 126 Å². The quantitative estimate of drug-likeness (QED) is 0.0138. The van der Waals surface area contributed by atoms with Crippen LogP contribution >= 0.6 is 0 Å². The molecule has 7 N–H and O–H groups in total. The van der Waals surface area contributed by atoms with Crippen LogP contribution in [0.2, 0.25) is 0 Å². The summed E-state index contributed by atoms with van der Waals surface area (Å²) in [4.78, 5) is 88.3. The Balaban J connectivity index is 0.845. The topological polar surface area (TPSA) is 304 Å². The minimum absolute atomic E-state index is 0.0789. The third kappa shape index (κ3) is 28.9. The number of rotatable bonds is 41. The van der Waals surface area contributed by atoms with Crippen LogP contribution < -0.4 is 60.3 Å². The van der Waals surface area contributed by atoms with Gasteiger partial charge in [0.05, 0.1) is 45.2 Å². The van der Waals surface area contributed by atoms with Crippen molar-refractivity contribution in [3.05, 3.63) is 215 Å². The van der Waals surface area contributed by atoms with E-state index in [1.54, 1.807) is 42.5 Å². The minimum atomic E-state index is -1.21. The minimum Gasteiger partial charge on any atom is -0.493 e. The van der Waals surface area contributed by atoms with Gasteiger partial charge in [-0.25, -0.2) is 24.0 Å². The maximum atomic E-state index is 13.6. The van der Waals surface area contributed by atoms with E-state index in [4.69, 9.17) is 47.4 Å². The van der Waals surface area contributed by atoms with E-state index in [0.29, 0.717) is 61.5 Å². The van der Waals surface area contributed by atoms with Gasteiger partial charge in [-0.15, -0.1) is 0 Å². The number of carbonyl (C=O) groups is 7. The summed E-state index contributed by atoms with van der Waals surface area (Å²) >= 11 is 0. The number of aromatic carboxylic acids is 1. The van der Waals surface area contributed by atoms with Crippen molar-refractivity contribution in [2.45, 2.75) is 65.0 Å². The summed E-state index contributed by atoms with van der Waals surface area (Å²) in [6.07, 6.45) is 0.114. The Morgan fingerprint density at radius 3 is 0.705 bits per heavy atom. The molecule has 0 spiro atoms. The van der Waals surface area contributed by atoms with E-state index in [-0.39, 0.29) is 134 Å². The first-order valence-electron chi connectivity index (χ1n) is 31.2. The molecule has 0 heterocycles. The van der Waals surface area contributed by atoms with Crippen LogP contribution in [0.1, 0.15) is 91.9 Å². The van der Waals surface area contributed by atoms with Crippen LogP contribution in [0.15, 0.2) is 176 Å². The molecule has 0 fully saturated rings. The average Bonchev–Trinajstić information content (AvgIpc) is 1.16. The normalized spacial score (nSPS) is 10.5. The molecule has 0 radical (unpaired) electrons. The number of hydrogen-bond donors (Lipinski definition) is 7. The number of carboxylic acids is 1. The summed E-state index contributed by atoms with van der Waals surface area (Å²) in [7, 11) is 0. The van der Waals surface area contributed by atoms with Crippen molar-refractivity contribution >= 4 is 42.2 Å². The number of benzene rings is 7. The molecule has 0 bridgehead atoms. The molecule has 0 aliphatic carbocycles. The number of hydrogen-bond acceptors (Lipinski definition) is 17. The van der Waals surface area contributed by atoms with E-state index in [9.17, 15) is 38.7 Å². The predicted molar refractivity (Wildman–Crippen MR) is 350 cm³/mol. The SMILES string of the molecule is O=C(NCCCOc1cc(OCCCNC(=O)OCc2ccccc2)cc(C(=O)NCCCOc2cc(OCCCNC(=O)c3cc(OCCCNC(=O)OCc4ccccc4)cc(OCCCNC(=O)OCc4ccccc4)c3)cc(C(=O)O)c2)c1)OCc1ccccc1. The molecule has 7 aromatic rings. The fourth-order valence-corrected chi connectivity index (χ4v) is 8.64. The molecule has 0 unspecified atom stereocenters. The standard InChI is InChI=1S/C71H80N6O18/c78-65(56-39-59(86-35-15-29-74-68(82)92-48-52-19-5-1-6-20-52)45-60(40-56)87-36-16-30-75-69(83)93-49-53-21-7-2-8-22-53)72-27-13-33-90-63-43-58(67(80)81)44-64(47-63)91-34-14-28-73-66(79)57-41-61(88-37-17-31-76-70(84)94-50-54-23-9-3-10-24-54)46-62(42-57)89-38-18-32-77-71(85)95-51-55-25-11-4-12-26-55/h1-12,19-26,39-47H,13-18,27-38,48-51H2,(H,72,78)(H,73,79)(H,74,82)(H,75,83)(H,76,84)(H,77,85)(H,80,81). The molecule has 0 saturated carbocycles. The monoisotopic (exact) mass is 1300 g/mol. The summed E-state index contributed by atoms with van der Waals surface area (Å²) in [6.45, 7) is 2.93. The number of carbonyl (C=O) groups excluding carboxylic acids is 6. The highest BCUT2D eigenvalue weighted by atomic mass is 16.6. The third-order valence-corrected chi connectivity index (χ3v) is 13.4. The number of amides is 6. The average molecular weight is 1310 g/mol. The van der Waals surface area contributed by atoms with Crippen molar-refractivity contribution in [1.82, 2.24) is 31.9 Å². The molecule has 0 atom stereocenters. The smallest absolute Gasteiger partial charge is 0.407 e. The summed E-state index contributed by atoms with van der Waals surface area (Å²) in [5.74, 6) is -0.238. The summed E-state index contributed by atoms with van der Waals surface area (Å²) in [5.41, 5.74) is 3.84. The van der Waals surface area contributed by atoms with Crippen LogP contribution in [0.3, 0.4) is 0 Å². The van der Waals surface area contributed by atoms with E-state index < -0.39 is 42.2 Å². The van der Waals surface area contributed by atoms with Gasteiger partial charge in [0.25, 0.3) is 11.8 Å². The molecule has 0 saturated heterocycles. The lowest BCUT2D eigenvalue weighted by Crippen LogP contribution is -2.26. The fraction of sp³-hybridized carbons (Fsp3) is 0.310. The maximum absolute atomic E-state index is 13.6. The van der Waals surface area contributed by atoms with Crippen molar-refractivity contribution in [2.24, 2.45) is 0 Å². The Hall–Kier alpha value is -11.2. The summed E-state index contributed by atoms with van der Waals surface area (Å²) in [6, 6.07) is 51.0. The van der Waals surface area contributed by atoms with E-state index in [1.165, 1.54) is 12.1 Å². The largest absolute Gasteiger partial charge is 0.493 e. The first kappa shape index (κ1) is 71.3. The molecule has 0 aliphatic rings. The Labute approximate surface area is 551 Å². The number of carboxylic acid groups (broad SMARTS) is 1. The van der Waals surface area contributed by atoms with Gasteiger partial charge in [0.2, 0.25) is 0 Å². The van der Waals surface area contributed by atoms with Crippen molar-refractivity contribution < 1.29 is 86.0 Å². The van der Waals surface area contributed by atoms with Crippen molar-refractivity contribution in [3.8, 4) is 34.5 Å². The van der Waals surface area contributed by atoms with Crippen molar-refractivity contribution in [1.29, 1.82) is 0 Å². The molecule has 95 heavy (non-hydrogen) atoms. The van der Waals surface area contributed by atoms with Crippen LogP contribution in [0.4, 0.5) is 19.2 Å². The van der Waals surface area contributed by atoms with Crippen LogP contribution in [-0.2, 0) is 45.4 Å². The molecular formula is C71H80N6O18. The van der Waals surface area contributed by atoms with Gasteiger partial charge in [0, 0.05) is 68.6 Å². The fourth-order valence-electron chi connectivity index (χ4n) is 8.64. The Kier molecular flexibility index (Phi) is 31.0. The highest BCUT2D eigenvalue weighted by Gasteiger charge is 2.16. The zero-order valence-electron chi connectivity index (χ0n) is 52.7. The molecule has 24 nitrogen and oxygen atoms in total. The second-order valence-corrected chi connectivity index (χ2v) is 21.1. The first-order chi connectivity index (χ1) is 46.4. The van der Waals surface area contributed by atoms with E-state index in [0.717, 1.165) is 22.3 Å². The number of alkyl carbamates (subject to hydrolysis) is 4. The van der Waals surface area contributed by atoms with Gasteiger partial charge in [0.15, 0.2) is 0 Å². The highest BCUT2D eigenvalue weighted by Crippen LogP contribution is 2.27. The van der Waals surface area contributed by atoms with Gasteiger partial charge in [0.1, 0.15) is 60.9 Å². The molecular weight excluding hydrogens is 1220 g/mol.